The first-order valence-electron chi connectivity index (χ1n) is 5.21. The van der Waals surface area contributed by atoms with Gasteiger partial charge in [-0.05, 0) is 24.6 Å². The van der Waals surface area contributed by atoms with Crippen molar-refractivity contribution < 1.29 is 19.1 Å². The average molecular weight is 237 g/mol. The molecule has 0 amide bonds. The molecule has 5 nitrogen and oxygen atoms in total. The summed E-state index contributed by atoms with van der Waals surface area (Å²) < 4.78 is 9.72. The number of hydrogen-bond donors (Lipinski definition) is 1. The largest absolute Gasteiger partial charge is 0.479 e. The van der Waals surface area contributed by atoms with Crippen molar-refractivity contribution in [3.05, 3.63) is 29.8 Å². The van der Waals surface area contributed by atoms with E-state index in [0.717, 1.165) is 5.56 Å². The first kappa shape index (κ1) is 13.2. The van der Waals surface area contributed by atoms with Crippen molar-refractivity contribution in [2.45, 2.75) is 26.5 Å². The molecule has 1 unspecified atom stereocenters. The molecule has 1 rings (SSSR count). The minimum atomic E-state index is -0.831. The Morgan fingerprint density at radius 3 is 2.35 bits per heavy atom. The van der Waals surface area contributed by atoms with Crippen molar-refractivity contribution in [2.24, 2.45) is 5.73 Å². The van der Waals surface area contributed by atoms with Gasteiger partial charge in [0.25, 0.3) is 0 Å². The van der Waals surface area contributed by atoms with Gasteiger partial charge in [-0.15, -0.1) is 0 Å². The third-order valence-electron chi connectivity index (χ3n) is 2.05. The van der Waals surface area contributed by atoms with Crippen LogP contribution in [-0.2, 0) is 20.9 Å². The molecule has 0 saturated heterocycles. The first-order chi connectivity index (χ1) is 8.02. The number of nitrogens with two attached hydrogens (primary N) is 1. The summed E-state index contributed by atoms with van der Waals surface area (Å²) in [6.07, 6.45) is -0.831. The third-order valence-corrected chi connectivity index (χ3v) is 2.05. The summed E-state index contributed by atoms with van der Waals surface area (Å²) in [7, 11) is 0. The monoisotopic (exact) mass is 237 g/mol. The van der Waals surface area contributed by atoms with Crippen molar-refractivity contribution in [2.75, 3.05) is 0 Å². The predicted molar refractivity (Wildman–Crippen MR) is 61.2 cm³/mol. The van der Waals surface area contributed by atoms with E-state index in [1.807, 2.05) is 0 Å². The topological polar surface area (TPSA) is 78.6 Å². The Hall–Kier alpha value is -1.88. The van der Waals surface area contributed by atoms with Crippen molar-refractivity contribution in [3.8, 4) is 5.75 Å². The lowest BCUT2D eigenvalue weighted by molar-refractivity contribution is -0.162. The van der Waals surface area contributed by atoms with Gasteiger partial charge in [0, 0.05) is 13.5 Å². The summed E-state index contributed by atoms with van der Waals surface area (Å²) in [5.74, 6) is -0.834. The minimum Gasteiger partial charge on any atom is -0.479 e. The Bertz CT molecular complexity index is 399. The molecule has 92 valence electrons. The van der Waals surface area contributed by atoms with Crippen molar-refractivity contribution >= 4 is 11.9 Å². The summed E-state index contributed by atoms with van der Waals surface area (Å²) in [5, 5.41) is 0. The average Bonchev–Trinajstić information content (AvgIpc) is 2.29. The third kappa shape index (κ3) is 4.24. The van der Waals surface area contributed by atoms with Gasteiger partial charge in [-0.1, -0.05) is 12.1 Å². The molecule has 17 heavy (non-hydrogen) atoms. The molecule has 0 heterocycles. The second kappa shape index (κ2) is 6.00. The highest BCUT2D eigenvalue weighted by atomic mass is 16.6. The van der Waals surface area contributed by atoms with Gasteiger partial charge in [0.15, 0.2) is 6.10 Å². The Kier molecular flexibility index (Phi) is 4.66. The molecule has 1 atom stereocenters. The number of esters is 2. The molecule has 0 aliphatic rings. The zero-order valence-corrected chi connectivity index (χ0v) is 9.80. The number of hydrogen-bond acceptors (Lipinski definition) is 5. The summed E-state index contributed by atoms with van der Waals surface area (Å²) in [5.41, 5.74) is 6.42. The number of rotatable bonds is 4. The van der Waals surface area contributed by atoms with E-state index in [1.165, 1.54) is 13.8 Å². The quantitative estimate of drug-likeness (QED) is 0.624. The van der Waals surface area contributed by atoms with Gasteiger partial charge in [0.1, 0.15) is 5.75 Å². The predicted octanol–water partition coefficient (Wildman–Crippen LogP) is 1.00. The number of carbonyl (C=O) groups is 2. The number of benzene rings is 1. The Morgan fingerprint density at radius 2 is 1.88 bits per heavy atom. The fraction of sp³-hybridized carbons (Fsp3) is 0.333. The molecule has 1 aromatic rings. The molecule has 0 spiro atoms. The lowest BCUT2D eigenvalue weighted by Gasteiger charge is -2.12. The van der Waals surface area contributed by atoms with E-state index < -0.39 is 18.0 Å². The Labute approximate surface area is 99.5 Å². The van der Waals surface area contributed by atoms with E-state index in [9.17, 15) is 9.59 Å². The molecule has 0 bridgehead atoms. The fourth-order valence-electron chi connectivity index (χ4n) is 1.18. The number of ether oxygens (including phenoxy) is 2. The molecular weight excluding hydrogens is 222 g/mol. The van der Waals surface area contributed by atoms with Crippen LogP contribution in [0.5, 0.6) is 5.75 Å². The summed E-state index contributed by atoms with van der Waals surface area (Å²) in [6.45, 7) is 3.13. The van der Waals surface area contributed by atoms with E-state index in [4.69, 9.17) is 10.5 Å². The molecule has 0 saturated carbocycles. The lowest BCUT2D eigenvalue weighted by Crippen LogP contribution is -2.27. The van der Waals surface area contributed by atoms with Crippen LogP contribution in [0.2, 0.25) is 0 Å². The lowest BCUT2D eigenvalue weighted by atomic mass is 10.2. The Balaban J connectivity index is 2.57. The van der Waals surface area contributed by atoms with Crippen LogP contribution < -0.4 is 10.5 Å². The van der Waals surface area contributed by atoms with E-state index in [-0.39, 0.29) is 0 Å². The molecule has 0 aliphatic carbocycles. The maximum Gasteiger partial charge on any atom is 0.354 e. The van der Waals surface area contributed by atoms with Gasteiger partial charge >= 0.3 is 11.9 Å². The van der Waals surface area contributed by atoms with Gasteiger partial charge < -0.3 is 15.2 Å². The van der Waals surface area contributed by atoms with Crippen molar-refractivity contribution in [1.82, 2.24) is 0 Å². The fourth-order valence-corrected chi connectivity index (χ4v) is 1.18. The van der Waals surface area contributed by atoms with Crippen LogP contribution in [-0.4, -0.2) is 18.0 Å². The normalized spacial score (nSPS) is 11.7. The van der Waals surface area contributed by atoms with Crippen molar-refractivity contribution in [3.63, 3.8) is 0 Å². The summed E-state index contributed by atoms with van der Waals surface area (Å²) in [4.78, 5) is 21.9. The molecule has 5 heteroatoms. The van der Waals surface area contributed by atoms with Gasteiger partial charge in [0.2, 0.25) is 0 Å². The van der Waals surface area contributed by atoms with Gasteiger partial charge in [0.05, 0.1) is 0 Å². The highest BCUT2D eigenvalue weighted by molar-refractivity contribution is 5.86. The Morgan fingerprint density at radius 1 is 1.29 bits per heavy atom. The second-order valence-corrected chi connectivity index (χ2v) is 3.52. The summed E-state index contributed by atoms with van der Waals surface area (Å²) in [6, 6.07) is 7.02. The molecule has 0 aromatic heterocycles. The highest BCUT2D eigenvalue weighted by Gasteiger charge is 2.17. The van der Waals surface area contributed by atoms with E-state index in [2.05, 4.69) is 4.74 Å². The zero-order valence-electron chi connectivity index (χ0n) is 9.80. The standard InChI is InChI=1S/C12H15NO4/c1-8(12(15)17-9(2)14)16-11-5-3-10(7-13)4-6-11/h3-6,8H,7,13H2,1-2H3. The molecule has 0 fully saturated rings. The van der Waals surface area contributed by atoms with E-state index in [0.29, 0.717) is 12.3 Å². The van der Waals surface area contributed by atoms with Gasteiger partial charge in [-0.25, -0.2) is 4.79 Å². The maximum atomic E-state index is 11.3. The SMILES string of the molecule is CC(=O)OC(=O)C(C)Oc1ccc(CN)cc1. The summed E-state index contributed by atoms with van der Waals surface area (Å²) >= 11 is 0. The minimum absolute atomic E-state index is 0.447. The van der Waals surface area contributed by atoms with Gasteiger partial charge in [-0.3, -0.25) is 4.79 Å². The molecule has 0 radical (unpaired) electrons. The van der Waals surface area contributed by atoms with Crippen molar-refractivity contribution in [1.29, 1.82) is 0 Å². The molecule has 0 aliphatic heterocycles. The van der Waals surface area contributed by atoms with Crippen LogP contribution in [0.15, 0.2) is 24.3 Å². The second-order valence-electron chi connectivity index (χ2n) is 3.52. The smallest absolute Gasteiger partial charge is 0.354 e. The van der Waals surface area contributed by atoms with Crippen LogP contribution in [0, 0.1) is 0 Å². The van der Waals surface area contributed by atoms with Crippen LogP contribution in [0.25, 0.3) is 0 Å². The molecule has 2 N–H and O–H groups in total. The zero-order chi connectivity index (χ0) is 12.8. The van der Waals surface area contributed by atoms with Crippen LogP contribution in [0.1, 0.15) is 19.4 Å². The van der Waals surface area contributed by atoms with Crippen LogP contribution in [0.3, 0.4) is 0 Å². The molecule has 1 aromatic carbocycles. The first-order valence-corrected chi connectivity index (χ1v) is 5.21. The maximum absolute atomic E-state index is 11.3. The van der Waals surface area contributed by atoms with Gasteiger partial charge in [-0.2, -0.15) is 0 Å². The highest BCUT2D eigenvalue weighted by Crippen LogP contribution is 2.14. The molecular formula is C12H15NO4. The van der Waals surface area contributed by atoms with Crippen LogP contribution >= 0.6 is 0 Å². The van der Waals surface area contributed by atoms with E-state index in [1.54, 1.807) is 24.3 Å². The van der Waals surface area contributed by atoms with E-state index >= 15 is 0 Å². The number of carbonyl (C=O) groups excluding carboxylic acids is 2. The van der Waals surface area contributed by atoms with Crippen LogP contribution in [0.4, 0.5) is 0 Å².